The number of fused-ring (bicyclic) bond motifs is 1. The molecular formula is C20H25N3O4. The number of rotatable bonds is 7. The normalized spacial score (nSPS) is 17.4. The molecule has 0 saturated carbocycles. The number of aliphatic carboxylic acids is 1. The molecule has 3 rings (SSSR count). The van der Waals surface area contributed by atoms with Gasteiger partial charge in [0.25, 0.3) is 0 Å². The summed E-state index contributed by atoms with van der Waals surface area (Å²) in [7, 11) is 1.74. The van der Waals surface area contributed by atoms with E-state index in [2.05, 4.69) is 4.98 Å². The summed E-state index contributed by atoms with van der Waals surface area (Å²) in [6.07, 6.45) is 2.73. The monoisotopic (exact) mass is 371 g/mol. The van der Waals surface area contributed by atoms with E-state index in [0.717, 1.165) is 16.5 Å². The highest BCUT2D eigenvalue weighted by atomic mass is 16.5. The Morgan fingerprint density at radius 3 is 2.96 bits per heavy atom. The lowest BCUT2D eigenvalue weighted by atomic mass is 10.0. The van der Waals surface area contributed by atoms with Crippen LogP contribution in [0, 0.1) is 0 Å². The van der Waals surface area contributed by atoms with Crippen molar-refractivity contribution < 1.29 is 19.4 Å². The van der Waals surface area contributed by atoms with Gasteiger partial charge in [-0.3, -0.25) is 19.5 Å². The number of para-hydroxylation sites is 1. The van der Waals surface area contributed by atoms with E-state index < -0.39 is 5.97 Å². The van der Waals surface area contributed by atoms with Crippen LogP contribution in [0.2, 0.25) is 0 Å². The number of ether oxygens (including phenoxy) is 1. The molecule has 7 heteroatoms. The highest BCUT2D eigenvalue weighted by Gasteiger charge is 2.25. The highest BCUT2D eigenvalue weighted by molar-refractivity contribution is 5.83. The zero-order chi connectivity index (χ0) is 19.2. The molecule has 2 aromatic rings. The summed E-state index contributed by atoms with van der Waals surface area (Å²) in [5, 5.41) is 9.94. The van der Waals surface area contributed by atoms with Crippen LogP contribution in [0.15, 0.2) is 36.5 Å². The molecule has 27 heavy (non-hydrogen) atoms. The second-order valence-electron chi connectivity index (χ2n) is 6.91. The van der Waals surface area contributed by atoms with Crippen molar-refractivity contribution in [3.63, 3.8) is 0 Å². The lowest BCUT2D eigenvalue weighted by Crippen LogP contribution is -2.49. The number of carbonyl (C=O) groups excluding carboxylic acids is 1. The first kappa shape index (κ1) is 19.3. The van der Waals surface area contributed by atoms with E-state index in [1.165, 1.54) is 0 Å². The average Bonchev–Trinajstić information content (AvgIpc) is 2.65. The number of pyridine rings is 1. The van der Waals surface area contributed by atoms with E-state index in [9.17, 15) is 9.59 Å². The second-order valence-corrected chi connectivity index (χ2v) is 6.91. The molecule has 1 aromatic carbocycles. The molecule has 1 unspecified atom stereocenters. The van der Waals surface area contributed by atoms with Crippen LogP contribution in [-0.4, -0.2) is 77.7 Å². The topological polar surface area (TPSA) is 83.0 Å². The van der Waals surface area contributed by atoms with E-state index in [0.29, 0.717) is 39.1 Å². The predicted octanol–water partition coefficient (Wildman–Crippen LogP) is 1.41. The molecule has 1 atom stereocenters. The van der Waals surface area contributed by atoms with Gasteiger partial charge in [-0.1, -0.05) is 18.2 Å². The fourth-order valence-corrected chi connectivity index (χ4v) is 3.47. The summed E-state index contributed by atoms with van der Waals surface area (Å²) in [6, 6.07) is 9.92. The fraction of sp³-hybridized carbons (Fsp3) is 0.450. The Morgan fingerprint density at radius 1 is 1.33 bits per heavy atom. The van der Waals surface area contributed by atoms with Crippen LogP contribution in [0.5, 0.6) is 0 Å². The average molecular weight is 371 g/mol. The molecule has 0 aliphatic carbocycles. The summed E-state index contributed by atoms with van der Waals surface area (Å²) in [4.78, 5) is 31.3. The molecule has 1 amide bonds. The summed E-state index contributed by atoms with van der Waals surface area (Å²) in [5.41, 5.74) is 2.07. The standard InChI is InChI=1S/C20H25N3O4/c1-22(14-20(25)26)12-16-13-23(10-11-27-16)19(24)7-6-15-8-9-21-18-5-3-2-4-17(15)18/h2-5,8-9,16H,6-7,10-14H2,1H3,(H,25,26). The van der Waals surface area contributed by atoms with Crippen LogP contribution >= 0.6 is 0 Å². The number of amides is 1. The zero-order valence-electron chi connectivity index (χ0n) is 15.5. The van der Waals surface area contributed by atoms with Crippen molar-refractivity contribution in [2.24, 2.45) is 0 Å². The molecule has 1 saturated heterocycles. The number of hydrogen-bond donors (Lipinski definition) is 1. The number of nitrogens with zero attached hydrogens (tertiary/aromatic N) is 3. The number of carboxylic acids is 1. The SMILES string of the molecule is CN(CC(=O)O)CC1CN(C(=O)CCc2ccnc3ccccc23)CCO1. The molecule has 144 valence electrons. The maximum absolute atomic E-state index is 12.7. The van der Waals surface area contributed by atoms with E-state index in [1.54, 1.807) is 18.1 Å². The van der Waals surface area contributed by atoms with Gasteiger partial charge in [-0.2, -0.15) is 0 Å². The molecule has 0 spiro atoms. The number of carbonyl (C=O) groups is 2. The van der Waals surface area contributed by atoms with Crippen LogP contribution in [-0.2, 0) is 20.7 Å². The van der Waals surface area contributed by atoms with Gasteiger partial charge in [0.2, 0.25) is 5.91 Å². The van der Waals surface area contributed by atoms with Gasteiger partial charge >= 0.3 is 5.97 Å². The molecule has 1 fully saturated rings. The number of aryl methyl sites for hydroxylation is 1. The third kappa shape index (κ3) is 5.24. The van der Waals surface area contributed by atoms with Crippen molar-refractivity contribution in [3.05, 3.63) is 42.1 Å². The first-order valence-corrected chi connectivity index (χ1v) is 9.15. The van der Waals surface area contributed by atoms with Crippen molar-refractivity contribution in [1.29, 1.82) is 0 Å². The minimum atomic E-state index is -0.870. The molecule has 0 radical (unpaired) electrons. The summed E-state index contributed by atoms with van der Waals surface area (Å²) in [5.74, 6) is -0.768. The van der Waals surface area contributed by atoms with E-state index >= 15 is 0 Å². The minimum absolute atomic E-state index is 0.0388. The van der Waals surface area contributed by atoms with E-state index in [1.807, 2.05) is 35.2 Å². The molecule has 0 bridgehead atoms. The van der Waals surface area contributed by atoms with Crippen LogP contribution in [0.25, 0.3) is 10.9 Å². The molecule has 1 N–H and O–H groups in total. The lowest BCUT2D eigenvalue weighted by Gasteiger charge is -2.34. The maximum Gasteiger partial charge on any atom is 0.317 e. The van der Waals surface area contributed by atoms with Gasteiger partial charge in [0.1, 0.15) is 0 Å². The third-order valence-corrected chi connectivity index (χ3v) is 4.76. The van der Waals surface area contributed by atoms with Gasteiger partial charge in [-0.15, -0.1) is 0 Å². The van der Waals surface area contributed by atoms with Crippen LogP contribution in [0.3, 0.4) is 0 Å². The van der Waals surface area contributed by atoms with Crippen molar-refractivity contribution in [2.75, 3.05) is 39.8 Å². The number of aromatic nitrogens is 1. The van der Waals surface area contributed by atoms with Crippen LogP contribution < -0.4 is 0 Å². The Morgan fingerprint density at radius 2 is 2.15 bits per heavy atom. The Bertz CT molecular complexity index is 805. The third-order valence-electron chi connectivity index (χ3n) is 4.76. The first-order valence-electron chi connectivity index (χ1n) is 9.15. The Kier molecular flexibility index (Phi) is 6.36. The van der Waals surface area contributed by atoms with E-state index in [4.69, 9.17) is 9.84 Å². The highest BCUT2D eigenvalue weighted by Crippen LogP contribution is 2.18. The summed E-state index contributed by atoms with van der Waals surface area (Å²) in [6.45, 7) is 2.01. The van der Waals surface area contributed by atoms with Crippen LogP contribution in [0.1, 0.15) is 12.0 Å². The number of likely N-dealkylation sites (N-methyl/N-ethyl adjacent to an activating group) is 1. The van der Waals surface area contributed by atoms with E-state index in [-0.39, 0.29) is 18.6 Å². The lowest BCUT2D eigenvalue weighted by molar-refractivity contribution is -0.142. The molecule has 7 nitrogen and oxygen atoms in total. The van der Waals surface area contributed by atoms with Gasteiger partial charge in [0, 0.05) is 37.6 Å². The van der Waals surface area contributed by atoms with Crippen LogP contribution in [0.4, 0.5) is 0 Å². The number of benzene rings is 1. The van der Waals surface area contributed by atoms with Crippen molar-refractivity contribution in [2.45, 2.75) is 18.9 Å². The number of hydrogen-bond acceptors (Lipinski definition) is 5. The first-order chi connectivity index (χ1) is 13.0. The Labute approximate surface area is 158 Å². The zero-order valence-corrected chi connectivity index (χ0v) is 15.5. The Hall–Kier alpha value is -2.51. The molecular weight excluding hydrogens is 346 g/mol. The quantitative estimate of drug-likeness (QED) is 0.792. The molecule has 1 aromatic heterocycles. The molecule has 1 aliphatic rings. The van der Waals surface area contributed by atoms with Gasteiger partial charge in [0.15, 0.2) is 0 Å². The van der Waals surface area contributed by atoms with Gasteiger partial charge in [0.05, 0.1) is 24.8 Å². The molecule has 1 aliphatic heterocycles. The van der Waals surface area contributed by atoms with Gasteiger partial charge < -0.3 is 14.7 Å². The van der Waals surface area contributed by atoms with Crippen molar-refractivity contribution >= 4 is 22.8 Å². The predicted molar refractivity (Wildman–Crippen MR) is 102 cm³/mol. The van der Waals surface area contributed by atoms with Crippen molar-refractivity contribution in [3.8, 4) is 0 Å². The largest absolute Gasteiger partial charge is 0.480 e. The summed E-state index contributed by atoms with van der Waals surface area (Å²) >= 11 is 0. The van der Waals surface area contributed by atoms with Crippen molar-refractivity contribution in [1.82, 2.24) is 14.8 Å². The maximum atomic E-state index is 12.7. The van der Waals surface area contributed by atoms with Gasteiger partial charge in [-0.25, -0.2) is 0 Å². The number of morpholine rings is 1. The molecule has 2 heterocycles. The minimum Gasteiger partial charge on any atom is -0.480 e. The fourth-order valence-electron chi connectivity index (χ4n) is 3.47. The number of carboxylic acid groups (broad SMARTS) is 1. The smallest absolute Gasteiger partial charge is 0.317 e. The second kappa shape index (κ2) is 8.92. The summed E-state index contributed by atoms with van der Waals surface area (Å²) < 4.78 is 5.69. The Balaban J connectivity index is 1.55. The van der Waals surface area contributed by atoms with Gasteiger partial charge in [-0.05, 0) is 31.2 Å².